The first-order chi connectivity index (χ1) is 12.7. The van der Waals surface area contributed by atoms with Gasteiger partial charge in [0.15, 0.2) is 17.4 Å². The third kappa shape index (κ3) is 4.18. The molecule has 1 aromatic carbocycles. The van der Waals surface area contributed by atoms with Crippen molar-refractivity contribution in [1.29, 1.82) is 0 Å². The second kappa shape index (κ2) is 8.60. The molecule has 1 aromatic heterocycles. The van der Waals surface area contributed by atoms with Crippen molar-refractivity contribution >= 4 is 17.5 Å². The number of carbonyl (C=O) groups excluding carboxylic acids is 1. The molecule has 1 heterocycles. The Morgan fingerprint density at radius 2 is 1.78 bits per heavy atom. The Balaban J connectivity index is 2.25. The highest BCUT2D eigenvalue weighted by Gasteiger charge is 2.27. The Morgan fingerprint density at radius 3 is 2.26 bits per heavy atom. The summed E-state index contributed by atoms with van der Waals surface area (Å²) in [6.45, 7) is 2.51. The summed E-state index contributed by atoms with van der Waals surface area (Å²) in [4.78, 5) is 12.2. The molecule has 27 heavy (non-hydrogen) atoms. The van der Waals surface area contributed by atoms with E-state index in [1.54, 1.807) is 6.92 Å². The van der Waals surface area contributed by atoms with Crippen LogP contribution in [0.25, 0.3) is 0 Å². The fraction of sp³-hybridized carbons (Fsp3) is 0.412. The zero-order valence-electron chi connectivity index (χ0n) is 14.9. The van der Waals surface area contributed by atoms with E-state index >= 15 is 0 Å². The van der Waals surface area contributed by atoms with Crippen molar-refractivity contribution in [2.45, 2.75) is 33.2 Å². The summed E-state index contributed by atoms with van der Waals surface area (Å²) >= 11 is 5.96. The Hall–Kier alpha value is -2.29. The fourth-order valence-electron chi connectivity index (χ4n) is 2.39. The van der Waals surface area contributed by atoms with Crippen LogP contribution in [0, 0.1) is 30.2 Å². The van der Waals surface area contributed by atoms with E-state index in [1.165, 1.54) is 11.7 Å². The number of aryl methyl sites for hydroxylation is 2. The molecule has 1 N–H and O–H groups in total. The number of carbonyl (C=O) groups is 1. The van der Waals surface area contributed by atoms with Gasteiger partial charge in [0.05, 0.1) is 17.3 Å². The molecule has 0 aliphatic carbocycles. The molecule has 0 saturated carbocycles. The maximum atomic E-state index is 14.2. The van der Waals surface area contributed by atoms with Crippen molar-refractivity contribution in [3.63, 3.8) is 0 Å². The average molecular weight is 408 g/mol. The van der Waals surface area contributed by atoms with Crippen LogP contribution in [0.1, 0.15) is 41.5 Å². The number of aromatic nitrogens is 2. The number of hydrogen-bond donors (Lipinski definition) is 1. The molecule has 0 unspecified atom stereocenters. The van der Waals surface area contributed by atoms with E-state index in [9.17, 15) is 22.4 Å². The number of benzene rings is 1. The van der Waals surface area contributed by atoms with Crippen molar-refractivity contribution in [3.8, 4) is 5.75 Å². The third-order valence-electron chi connectivity index (χ3n) is 3.85. The molecule has 0 aliphatic heterocycles. The highest BCUT2D eigenvalue weighted by Crippen LogP contribution is 2.30. The van der Waals surface area contributed by atoms with Crippen molar-refractivity contribution in [3.05, 3.63) is 45.2 Å². The van der Waals surface area contributed by atoms with Crippen molar-refractivity contribution in [1.82, 2.24) is 15.1 Å². The van der Waals surface area contributed by atoms with Gasteiger partial charge in [0.1, 0.15) is 5.69 Å². The number of halogens is 5. The molecule has 148 valence electrons. The highest BCUT2D eigenvalue weighted by molar-refractivity contribution is 6.34. The molecule has 10 heteroatoms. The third-order valence-corrected chi connectivity index (χ3v) is 4.30. The van der Waals surface area contributed by atoms with Gasteiger partial charge in [-0.1, -0.05) is 24.9 Å². The van der Waals surface area contributed by atoms with Gasteiger partial charge >= 0.3 is 0 Å². The number of rotatable bonds is 7. The molecule has 0 atom stereocenters. The zero-order valence-corrected chi connectivity index (χ0v) is 15.7. The first-order valence-electron chi connectivity index (χ1n) is 8.15. The highest BCUT2D eigenvalue weighted by atomic mass is 35.5. The van der Waals surface area contributed by atoms with Crippen LogP contribution < -0.4 is 10.1 Å². The zero-order chi connectivity index (χ0) is 20.3. The SMILES string of the molecule is CCCCOc1c(F)c(F)c(CNC(=O)c2c(Cl)c(C)nn2C)c(F)c1F. The lowest BCUT2D eigenvalue weighted by molar-refractivity contribution is 0.0940. The number of hydrogen-bond acceptors (Lipinski definition) is 3. The standard InChI is InChI=1S/C17H18ClF4N3O2/c1-4-5-6-27-16-13(21)11(19)9(12(20)14(16)22)7-23-17(26)15-10(18)8(2)24-25(15)3/h4-7H2,1-3H3,(H,23,26). The summed E-state index contributed by atoms with van der Waals surface area (Å²) in [5.74, 6) is -8.47. The van der Waals surface area contributed by atoms with Gasteiger partial charge in [-0.25, -0.2) is 8.78 Å². The van der Waals surface area contributed by atoms with Crippen molar-refractivity contribution in [2.75, 3.05) is 6.61 Å². The second-order valence-corrected chi connectivity index (χ2v) is 6.20. The van der Waals surface area contributed by atoms with Crippen LogP contribution in [0.2, 0.25) is 5.02 Å². The van der Waals surface area contributed by atoms with Crippen LogP contribution in [-0.2, 0) is 13.6 Å². The second-order valence-electron chi connectivity index (χ2n) is 5.82. The predicted molar refractivity (Wildman–Crippen MR) is 90.8 cm³/mol. The van der Waals surface area contributed by atoms with Crippen LogP contribution in [0.4, 0.5) is 17.6 Å². The minimum absolute atomic E-state index is 0.0459. The van der Waals surface area contributed by atoms with E-state index in [-0.39, 0.29) is 17.3 Å². The minimum Gasteiger partial charge on any atom is -0.487 e. The number of nitrogens with one attached hydrogen (secondary N) is 1. The molecule has 0 aliphatic rings. The van der Waals surface area contributed by atoms with E-state index in [0.717, 1.165) is 0 Å². The van der Waals surface area contributed by atoms with Gasteiger partial charge in [0, 0.05) is 19.2 Å². The molecular weight excluding hydrogens is 390 g/mol. The molecule has 0 saturated heterocycles. The van der Waals surface area contributed by atoms with Crippen LogP contribution >= 0.6 is 11.6 Å². The number of nitrogens with zero attached hydrogens (tertiary/aromatic N) is 2. The fourth-order valence-corrected chi connectivity index (χ4v) is 2.63. The van der Waals surface area contributed by atoms with E-state index in [4.69, 9.17) is 16.3 Å². The lowest BCUT2D eigenvalue weighted by Gasteiger charge is -2.13. The summed E-state index contributed by atoms with van der Waals surface area (Å²) in [6.07, 6.45) is 1.14. The topological polar surface area (TPSA) is 56.1 Å². The lowest BCUT2D eigenvalue weighted by atomic mass is 10.1. The molecule has 0 bridgehead atoms. The summed E-state index contributed by atoms with van der Waals surface area (Å²) in [6, 6.07) is 0. The molecule has 2 aromatic rings. The van der Waals surface area contributed by atoms with Crippen molar-refractivity contribution < 1.29 is 27.1 Å². The van der Waals surface area contributed by atoms with Gasteiger partial charge in [-0.2, -0.15) is 13.9 Å². The number of amides is 1. The maximum absolute atomic E-state index is 14.2. The van der Waals surface area contributed by atoms with E-state index < -0.39 is 47.0 Å². The van der Waals surface area contributed by atoms with Gasteiger partial charge in [-0.05, 0) is 13.3 Å². The first-order valence-corrected chi connectivity index (χ1v) is 8.53. The Morgan fingerprint density at radius 1 is 1.19 bits per heavy atom. The monoisotopic (exact) mass is 407 g/mol. The summed E-state index contributed by atoms with van der Waals surface area (Å²) in [5.41, 5.74) is -0.626. The normalized spacial score (nSPS) is 11.0. The minimum atomic E-state index is -1.65. The van der Waals surface area contributed by atoms with Crippen LogP contribution in [0.3, 0.4) is 0 Å². The Labute approximate surface area is 158 Å². The van der Waals surface area contributed by atoms with Crippen LogP contribution in [-0.4, -0.2) is 22.3 Å². The Bertz CT molecular complexity index is 842. The van der Waals surface area contributed by atoms with Gasteiger partial charge in [-0.15, -0.1) is 0 Å². The molecule has 2 rings (SSSR count). The lowest BCUT2D eigenvalue weighted by Crippen LogP contribution is -2.27. The van der Waals surface area contributed by atoms with E-state index in [2.05, 4.69) is 10.4 Å². The largest absolute Gasteiger partial charge is 0.487 e. The maximum Gasteiger partial charge on any atom is 0.271 e. The Kier molecular flexibility index (Phi) is 6.69. The van der Waals surface area contributed by atoms with E-state index in [1.807, 2.05) is 6.92 Å². The predicted octanol–water partition coefficient (Wildman–Crippen LogP) is 4.05. The quantitative estimate of drug-likeness (QED) is 0.428. The summed E-state index contributed by atoms with van der Waals surface area (Å²) in [7, 11) is 1.46. The van der Waals surface area contributed by atoms with Crippen molar-refractivity contribution in [2.24, 2.45) is 7.05 Å². The summed E-state index contributed by atoms with van der Waals surface area (Å²) in [5, 5.41) is 6.18. The van der Waals surface area contributed by atoms with E-state index in [0.29, 0.717) is 18.5 Å². The molecule has 0 spiro atoms. The van der Waals surface area contributed by atoms with Gasteiger partial charge in [0.25, 0.3) is 5.91 Å². The number of unbranched alkanes of at least 4 members (excludes halogenated alkanes) is 1. The van der Waals surface area contributed by atoms with Crippen LogP contribution in [0.15, 0.2) is 0 Å². The van der Waals surface area contributed by atoms with Gasteiger partial charge in [-0.3, -0.25) is 9.48 Å². The number of ether oxygens (including phenoxy) is 1. The molecule has 0 fully saturated rings. The van der Waals surface area contributed by atoms with Gasteiger partial charge in [0.2, 0.25) is 11.6 Å². The smallest absolute Gasteiger partial charge is 0.271 e. The molecule has 1 amide bonds. The average Bonchev–Trinajstić information content (AvgIpc) is 2.88. The summed E-state index contributed by atoms with van der Waals surface area (Å²) < 4.78 is 62.4. The molecule has 5 nitrogen and oxygen atoms in total. The van der Waals surface area contributed by atoms with Crippen LogP contribution in [0.5, 0.6) is 5.75 Å². The molecule has 0 radical (unpaired) electrons. The molecular formula is C17H18ClF4N3O2. The first kappa shape index (κ1) is 21.0. The van der Waals surface area contributed by atoms with Gasteiger partial charge < -0.3 is 10.1 Å².